The number of hydrogen-bond acceptors (Lipinski definition) is 4. The Kier molecular flexibility index (Phi) is 6.24. The molecule has 1 aliphatic rings. The fourth-order valence-corrected chi connectivity index (χ4v) is 4.61. The number of imide groups is 1. The average molecular weight is 470 g/mol. The second kappa shape index (κ2) is 9.11. The lowest BCUT2D eigenvalue weighted by atomic mass is 10.1. The van der Waals surface area contributed by atoms with Gasteiger partial charge in [0.1, 0.15) is 0 Å². The van der Waals surface area contributed by atoms with Crippen molar-refractivity contribution in [1.82, 2.24) is 0 Å². The number of amides is 3. The van der Waals surface area contributed by atoms with Gasteiger partial charge in [-0.2, -0.15) is 13.2 Å². The minimum Gasteiger partial charge on any atom is -0.322 e. The first-order chi connectivity index (χ1) is 15.7. The van der Waals surface area contributed by atoms with Crippen LogP contribution in [0.1, 0.15) is 22.3 Å². The second-order valence-corrected chi connectivity index (χ2v) is 8.49. The van der Waals surface area contributed by atoms with Gasteiger partial charge in [0.25, 0.3) is 5.91 Å². The molecule has 0 bridgehead atoms. The first-order valence-electron chi connectivity index (χ1n) is 9.90. The normalized spacial score (nSPS) is 16.2. The highest BCUT2D eigenvalue weighted by molar-refractivity contribution is 8.00. The Balaban J connectivity index is 1.53. The molecule has 1 unspecified atom stereocenters. The van der Waals surface area contributed by atoms with Crippen LogP contribution in [0.3, 0.4) is 0 Å². The van der Waals surface area contributed by atoms with Gasteiger partial charge in [0.2, 0.25) is 11.8 Å². The summed E-state index contributed by atoms with van der Waals surface area (Å²) in [4.78, 5) is 39.8. The Hall–Kier alpha value is -3.59. The molecular weight excluding hydrogens is 453 g/mol. The van der Waals surface area contributed by atoms with Crippen LogP contribution in [0.25, 0.3) is 0 Å². The molecule has 3 aromatic carbocycles. The number of halogens is 3. The molecule has 0 spiro atoms. The van der Waals surface area contributed by atoms with Crippen LogP contribution in [-0.2, 0) is 15.8 Å². The number of para-hydroxylation sites is 1. The summed E-state index contributed by atoms with van der Waals surface area (Å²) in [7, 11) is 0. The zero-order chi connectivity index (χ0) is 23.6. The maximum atomic E-state index is 13.0. The van der Waals surface area contributed by atoms with Gasteiger partial charge in [0, 0.05) is 17.0 Å². The standard InChI is InChI=1S/C24H17F3N2O3S/c25-24(26,27)15-7-6-8-16(13-15)28-22(31)18-11-4-5-12-19(18)33-20-14-21(30)29(23(20)32)17-9-2-1-3-10-17/h1-13,20H,14H2,(H,28,31). The summed E-state index contributed by atoms with van der Waals surface area (Å²) in [5, 5.41) is 1.75. The van der Waals surface area contributed by atoms with Crippen LogP contribution in [0.2, 0.25) is 0 Å². The van der Waals surface area contributed by atoms with Crippen LogP contribution in [0.4, 0.5) is 24.5 Å². The maximum Gasteiger partial charge on any atom is 0.416 e. The number of hydrogen-bond donors (Lipinski definition) is 1. The third-order valence-electron chi connectivity index (χ3n) is 4.97. The predicted molar refractivity (Wildman–Crippen MR) is 119 cm³/mol. The van der Waals surface area contributed by atoms with Crippen molar-refractivity contribution in [3.05, 3.63) is 90.0 Å². The summed E-state index contributed by atoms with van der Waals surface area (Å²) in [6.07, 6.45) is -4.56. The van der Waals surface area contributed by atoms with Gasteiger partial charge in [-0.25, -0.2) is 4.90 Å². The van der Waals surface area contributed by atoms with Gasteiger partial charge in [-0.3, -0.25) is 14.4 Å². The molecule has 0 aliphatic carbocycles. The van der Waals surface area contributed by atoms with Crippen molar-refractivity contribution in [2.24, 2.45) is 0 Å². The van der Waals surface area contributed by atoms with E-state index < -0.39 is 22.9 Å². The molecule has 1 N–H and O–H groups in total. The van der Waals surface area contributed by atoms with E-state index in [4.69, 9.17) is 0 Å². The maximum absolute atomic E-state index is 13.0. The van der Waals surface area contributed by atoms with Crippen molar-refractivity contribution < 1.29 is 27.6 Å². The second-order valence-electron chi connectivity index (χ2n) is 7.24. The molecule has 3 aromatic rings. The Morgan fingerprint density at radius 3 is 2.36 bits per heavy atom. The molecule has 0 saturated carbocycles. The highest BCUT2D eigenvalue weighted by Gasteiger charge is 2.40. The largest absolute Gasteiger partial charge is 0.416 e. The van der Waals surface area contributed by atoms with Crippen molar-refractivity contribution in [3.63, 3.8) is 0 Å². The first-order valence-corrected chi connectivity index (χ1v) is 10.8. The highest BCUT2D eigenvalue weighted by atomic mass is 32.2. The fourth-order valence-electron chi connectivity index (χ4n) is 3.43. The number of nitrogens with zero attached hydrogens (tertiary/aromatic N) is 1. The molecule has 3 amide bonds. The van der Waals surface area contributed by atoms with E-state index in [1.807, 2.05) is 0 Å². The molecule has 5 nitrogen and oxygen atoms in total. The zero-order valence-corrected chi connectivity index (χ0v) is 17.8. The lowest BCUT2D eigenvalue weighted by Crippen LogP contribution is -2.31. The van der Waals surface area contributed by atoms with E-state index >= 15 is 0 Å². The van der Waals surface area contributed by atoms with Crippen LogP contribution in [0.5, 0.6) is 0 Å². The number of rotatable bonds is 5. The average Bonchev–Trinajstić information content (AvgIpc) is 3.07. The number of carbonyl (C=O) groups excluding carboxylic acids is 3. The molecule has 1 aliphatic heterocycles. The molecule has 9 heteroatoms. The minimum atomic E-state index is -4.53. The molecule has 168 valence electrons. The molecular formula is C24H17F3N2O3S. The lowest BCUT2D eigenvalue weighted by Gasteiger charge is -2.16. The van der Waals surface area contributed by atoms with Crippen LogP contribution in [-0.4, -0.2) is 23.0 Å². The van der Waals surface area contributed by atoms with Crippen molar-refractivity contribution >= 4 is 40.9 Å². The molecule has 0 radical (unpaired) electrons. The number of alkyl halides is 3. The molecule has 1 atom stereocenters. The monoisotopic (exact) mass is 470 g/mol. The number of carbonyl (C=O) groups is 3. The van der Waals surface area contributed by atoms with Gasteiger partial charge in [0.15, 0.2) is 0 Å². The Morgan fingerprint density at radius 2 is 1.64 bits per heavy atom. The highest BCUT2D eigenvalue weighted by Crippen LogP contribution is 2.36. The number of nitrogens with one attached hydrogen (secondary N) is 1. The van der Waals surface area contributed by atoms with Gasteiger partial charge >= 0.3 is 6.18 Å². The first kappa shape index (κ1) is 22.6. The van der Waals surface area contributed by atoms with E-state index in [0.717, 1.165) is 28.8 Å². The van der Waals surface area contributed by atoms with Crippen molar-refractivity contribution in [2.75, 3.05) is 10.2 Å². The van der Waals surface area contributed by atoms with Crippen molar-refractivity contribution in [2.45, 2.75) is 22.7 Å². The fraction of sp³-hybridized carbons (Fsp3) is 0.125. The van der Waals surface area contributed by atoms with E-state index in [1.54, 1.807) is 48.5 Å². The van der Waals surface area contributed by atoms with E-state index in [9.17, 15) is 27.6 Å². The quantitative estimate of drug-likeness (QED) is 0.509. The minimum absolute atomic E-state index is 0.00278. The van der Waals surface area contributed by atoms with Crippen LogP contribution >= 0.6 is 11.8 Å². The Bertz CT molecular complexity index is 1210. The van der Waals surface area contributed by atoms with Gasteiger partial charge in [-0.15, -0.1) is 11.8 Å². The SMILES string of the molecule is O=C(Nc1cccc(C(F)(F)F)c1)c1ccccc1SC1CC(=O)N(c2ccccc2)C1=O. The number of thioether (sulfide) groups is 1. The Labute approximate surface area is 191 Å². The van der Waals surface area contributed by atoms with Gasteiger partial charge in [-0.05, 0) is 42.5 Å². The molecule has 33 heavy (non-hydrogen) atoms. The summed E-state index contributed by atoms with van der Waals surface area (Å²) in [5.74, 6) is -1.34. The smallest absolute Gasteiger partial charge is 0.322 e. The topological polar surface area (TPSA) is 66.5 Å². The molecule has 1 heterocycles. The molecule has 4 rings (SSSR count). The van der Waals surface area contributed by atoms with Gasteiger partial charge in [-0.1, -0.05) is 36.4 Å². The molecule has 0 aromatic heterocycles. The molecule has 1 saturated heterocycles. The van der Waals surface area contributed by atoms with E-state index in [0.29, 0.717) is 10.6 Å². The van der Waals surface area contributed by atoms with E-state index in [-0.39, 0.29) is 29.5 Å². The van der Waals surface area contributed by atoms with E-state index in [2.05, 4.69) is 5.32 Å². The van der Waals surface area contributed by atoms with Crippen molar-refractivity contribution in [3.8, 4) is 0 Å². The van der Waals surface area contributed by atoms with Crippen LogP contribution in [0, 0.1) is 0 Å². The van der Waals surface area contributed by atoms with Gasteiger partial charge in [0.05, 0.1) is 22.1 Å². The zero-order valence-electron chi connectivity index (χ0n) is 17.0. The van der Waals surface area contributed by atoms with Crippen molar-refractivity contribution in [1.29, 1.82) is 0 Å². The summed E-state index contributed by atoms with van der Waals surface area (Å²) in [6, 6.07) is 19.3. The predicted octanol–water partition coefficient (Wildman–Crippen LogP) is 5.38. The summed E-state index contributed by atoms with van der Waals surface area (Å²) in [6.45, 7) is 0. The number of anilines is 2. The third kappa shape index (κ3) is 4.93. The Morgan fingerprint density at radius 1 is 0.939 bits per heavy atom. The van der Waals surface area contributed by atoms with Gasteiger partial charge < -0.3 is 5.32 Å². The van der Waals surface area contributed by atoms with Crippen LogP contribution < -0.4 is 10.2 Å². The summed E-state index contributed by atoms with van der Waals surface area (Å²) in [5.41, 5.74) is -0.208. The molecule has 1 fully saturated rings. The summed E-state index contributed by atoms with van der Waals surface area (Å²) < 4.78 is 38.9. The third-order valence-corrected chi connectivity index (χ3v) is 6.23. The van der Waals surface area contributed by atoms with Crippen LogP contribution in [0.15, 0.2) is 83.8 Å². The lowest BCUT2D eigenvalue weighted by molar-refractivity contribution is -0.137. The van der Waals surface area contributed by atoms with E-state index in [1.165, 1.54) is 18.2 Å². The number of benzene rings is 3. The summed E-state index contributed by atoms with van der Waals surface area (Å²) >= 11 is 1.08.